The molecule has 0 radical (unpaired) electrons. The van der Waals surface area contributed by atoms with Gasteiger partial charge in [0.1, 0.15) is 12.6 Å². The van der Waals surface area contributed by atoms with Crippen LogP contribution < -0.4 is 16.4 Å². The number of non-ortho nitro benzene ring substituents is 1. The molecule has 0 heterocycles. The number of hydrogen-bond acceptors (Lipinski definition) is 7. The lowest BCUT2D eigenvalue weighted by Gasteiger charge is -2.16. The number of nitrogens with zero attached hydrogens (tertiary/aromatic N) is 1. The van der Waals surface area contributed by atoms with Gasteiger partial charge in [0.25, 0.3) is 5.69 Å². The number of nitrogens with two attached hydrogens (primary N) is 1. The molecular formula is C17H24N4O7. The Hall–Kier alpha value is -3.21. The molecule has 0 spiro atoms. The van der Waals surface area contributed by atoms with Crippen LogP contribution in [0.4, 0.5) is 10.5 Å². The standard InChI is InChI=1S/C17H24N4O7/c1-11(18)15(22)20-14(16(23)24)4-2-3-9-19-17(25)28-10-12-5-7-13(8-6-12)21(26)27/h5-8,11,14H,2-4,9-10,18H2,1H3,(H,19,25)(H,20,22)(H,23,24)/t11-,14-/m0/s1. The van der Waals surface area contributed by atoms with Gasteiger partial charge in [-0.1, -0.05) is 0 Å². The molecule has 1 aromatic rings. The predicted molar refractivity (Wildman–Crippen MR) is 98.4 cm³/mol. The summed E-state index contributed by atoms with van der Waals surface area (Å²) in [5.74, 6) is -1.69. The van der Waals surface area contributed by atoms with E-state index in [1.807, 2.05) is 0 Å². The molecule has 0 aliphatic rings. The zero-order valence-electron chi connectivity index (χ0n) is 15.4. The van der Waals surface area contributed by atoms with Crippen molar-refractivity contribution in [1.82, 2.24) is 10.6 Å². The summed E-state index contributed by atoms with van der Waals surface area (Å²) in [5.41, 5.74) is 5.94. The molecule has 28 heavy (non-hydrogen) atoms. The zero-order chi connectivity index (χ0) is 21.1. The third-order valence-corrected chi connectivity index (χ3v) is 3.73. The highest BCUT2D eigenvalue weighted by Crippen LogP contribution is 2.12. The summed E-state index contributed by atoms with van der Waals surface area (Å²) >= 11 is 0. The molecule has 0 fully saturated rings. The molecule has 2 amide bonds. The number of nitro benzene ring substituents is 1. The van der Waals surface area contributed by atoms with Crippen LogP contribution in [0.1, 0.15) is 31.7 Å². The number of nitrogens with one attached hydrogen (secondary N) is 2. The number of unbranched alkanes of at least 4 members (excludes halogenated alkanes) is 1. The fraction of sp³-hybridized carbons (Fsp3) is 0.471. The van der Waals surface area contributed by atoms with Gasteiger partial charge in [-0.2, -0.15) is 0 Å². The van der Waals surface area contributed by atoms with Gasteiger partial charge >= 0.3 is 12.1 Å². The van der Waals surface area contributed by atoms with E-state index in [-0.39, 0.29) is 25.3 Å². The fourth-order valence-corrected chi connectivity index (χ4v) is 2.14. The zero-order valence-corrected chi connectivity index (χ0v) is 15.4. The second-order valence-electron chi connectivity index (χ2n) is 6.11. The van der Waals surface area contributed by atoms with E-state index in [9.17, 15) is 24.5 Å². The van der Waals surface area contributed by atoms with Crippen molar-refractivity contribution in [2.75, 3.05) is 6.54 Å². The smallest absolute Gasteiger partial charge is 0.407 e. The van der Waals surface area contributed by atoms with Gasteiger partial charge in [-0.3, -0.25) is 14.9 Å². The first-order valence-corrected chi connectivity index (χ1v) is 8.63. The summed E-state index contributed by atoms with van der Waals surface area (Å²) in [4.78, 5) is 44.2. The third-order valence-electron chi connectivity index (χ3n) is 3.73. The minimum atomic E-state index is -1.15. The van der Waals surface area contributed by atoms with Crippen molar-refractivity contribution in [3.05, 3.63) is 39.9 Å². The quantitative estimate of drug-likeness (QED) is 0.242. The van der Waals surface area contributed by atoms with Gasteiger partial charge in [-0.05, 0) is 43.9 Å². The number of ether oxygens (including phenoxy) is 1. The van der Waals surface area contributed by atoms with Crippen LogP contribution in [-0.2, 0) is 20.9 Å². The van der Waals surface area contributed by atoms with Gasteiger partial charge in [-0.25, -0.2) is 9.59 Å². The molecule has 11 nitrogen and oxygen atoms in total. The Morgan fingerprint density at radius 1 is 1.25 bits per heavy atom. The van der Waals surface area contributed by atoms with Crippen LogP contribution in [0.25, 0.3) is 0 Å². The Kier molecular flexibility index (Phi) is 9.37. The largest absolute Gasteiger partial charge is 0.480 e. The summed E-state index contributed by atoms with van der Waals surface area (Å²) in [5, 5.41) is 24.5. The van der Waals surface area contributed by atoms with Crippen LogP contribution in [0, 0.1) is 10.1 Å². The minimum absolute atomic E-state index is 0.0335. The number of rotatable bonds is 11. The summed E-state index contributed by atoms with van der Waals surface area (Å²) < 4.78 is 4.99. The first-order valence-electron chi connectivity index (χ1n) is 8.63. The first-order chi connectivity index (χ1) is 13.2. The van der Waals surface area contributed by atoms with Gasteiger partial charge < -0.3 is 26.2 Å². The van der Waals surface area contributed by atoms with Crippen molar-refractivity contribution in [3.63, 3.8) is 0 Å². The maximum absolute atomic E-state index is 11.6. The number of carboxylic acids is 1. The van der Waals surface area contributed by atoms with E-state index in [1.54, 1.807) is 0 Å². The summed E-state index contributed by atoms with van der Waals surface area (Å²) in [6.45, 7) is 1.70. The second-order valence-corrected chi connectivity index (χ2v) is 6.11. The average Bonchev–Trinajstić information content (AvgIpc) is 2.64. The highest BCUT2D eigenvalue weighted by atomic mass is 16.6. The fourth-order valence-electron chi connectivity index (χ4n) is 2.14. The predicted octanol–water partition coefficient (Wildman–Crippen LogP) is 0.908. The van der Waals surface area contributed by atoms with Crippen LogP contribution in [0.3, 0.4) is 0 Å². The number of aliphatic carboxylic acids is 1. The van der Waals surface area contributed by atoms with Crippen molar-refractivity contribution in [3.8, 4) is 0 Å². The van der Waals surface area contributed by atoms with Crippen LogP contribution in [0.5, 0.6) is 0 Å². The van der Waals surface area contributed by atoms with Gasteiger partial charge in [0.05, 0.1) is 11.0 Å². The molecule has 0 aliphatic heterocycles. The van der Waals surface area contributed by atoms with E-state index < -0.39 is 35.0 Å². The monoisotopic (exact) mass is 396 g/mol. The van der Waals surface area contributed by atoms with Crippen molar-refractivity contribution >= 4 is 23.7 Å². The maximum atomic E-state index is 11.6. The molecule has 11 heteroatoms. The number of carbonyl (C=O) groups excluding carboxylic acids is 2. The topological polar surface area (TPSA) is 174 Å². The molecule has 0 saturated carbocycles. The molecule has 2 atom stereocenters. The Labute approximate surface area is 161 Å². The normalized spacial score (nSPS) is 12.5. The molecule has 0 aliphatic carbocycles. The minimum Gasteiger partial charge on any atom is -0.480 e. The Bertz CT molecular complexity index is 691. The van der Waals surface area contributed by atoms with Gasteiger partial charge in [0, 0.05) is 18.7 Å². The van der Waals surface area contributed by atoms with Crippen molar-refractivity contribution in [2.24, 2.45) is 5.73 Å². The van der Waals surface area contributed by atoms with E-state index in [1.165, 1.54) is 31.2 Å². The van der Waals surface area contributed by atoms with Crippen LogP contribution in [0.15, 0.2) is 24.3 Å². The molecule has 5 N–H and O–H groups in total. The second kappa shape index (κ2) is 11.5. The SMILES string of the molecule is C[C@H](N)C(=O)N[C@@H](CCCCNC(=O)OCc1ccc([N+](=O)[O-])cc1)C(=O)O. The van der Waals surface area contributed by atoms with Crippen molar-refractivity contribution < 1.29 is 29.2 Å². The lowest BCUT2D eigenvalue weighted by molar-refractivity contribution is -0.384. The van der Waals surface area contributed by atoms with Crippen LogP contribution in [-0.4, -0.2) is 46.6 Å². The molecule has 154 valence electrons. The lowest BCUT2D eigenvalue weighted by atomic mass is 10.1. The molecule has 1 aromatic carbocycles. The van der Waals surface area contributed by atoms with Crippen molar-refractivity contribution in [2.45, 2.75) is 44.9 Å². The number of benzene rings is 1. The Morgan fingerprint density at radius 3 is 2.43 bits per heavy atom. The average molecular weight is 396 g/mol. The molecule has 0 aromatic heterocycles. The molecular weight excluding hydrogens is 372 g/mol. The first kappa shape index (κ1) is 22.8. The maximum Gasteiger partial charge on any atom is 0.407 e. The van der Waals surface area contributed by atoms with Gasteiger partial charge in [0.2, 0.25) is 5.91 Å². The van der Waals surface area contributed by atoms with E-state index in [0.29, 0.717) is 18.4 Å². The molecule has 1 rings (SSSR count). The number of carboxylic acid groups (broad SMARTS) is 1. The number of amides is 2. The highest BCUT2D eigenvalue weighted by Gasteiger charge is 2.20. The van der Waals surface area contributed by atoms with Gasteiger partial charge in [-0.15, -0.1) is 0 Å². The summed E-state index contributed by atoms with van der Waals surface area (Å²) in [7, 11) is 0. The van der Waals surface area contributed by atoms with E-state index in [2.05, 4.69) is 10.6 Å². The number of hydrogen-bond donors (Lipinski definition) is 4. The number of alkyl carbamates (subject to hydrolysis) is 1. The molecule has 0 bridgehead atoms. The highest BCUT2D eigenvalue weighted by molar-refractivity contribution is 5.86. The molecule has 0 saturated heterocycles. The number of carbonyl (C=O) groups is 3. The van der Waals surface area contributed by atoms with E-state index >= 15 is 0 Å². The Morgan fingerprint density at radius 2 is 1.89 bits per heavy atom. The van der Waals surface area contributed by atoms with Crippen LogP contribution >= 0.6 is 0 Å². The summed E-state index contributed by atoms with van der Waals surface area (Å²) in [6.07, 6.45) is 0.495. The van der Waals surface area contributed by atoms with E-state index in [0.717, 1.165) is 0 Å². The number of nitro groups is 1. The van der Waals surface area contributed by atoms with Gasteiger partial charge in [0.15, 0.2) is 0 Å². The third kappa shape index (κ3) is 8.45. The Balaban J connectivity index is 2.24. The van der Waals surface area contributed by atoms with E-state index in [4.69, 9.17) is 15.6 Å². The molecule has 0 unspecified atom stereocenters. The van der Waals surface area contributed by atoms with Crippen LogP contribution in [0.2, 0.25) is 0 Å². The van der Waals surface area contributed by atoms with Crippen molar-refractivity contribution in [1.29, 1.82) is 0 Å². The lowest BCUT2D eigenvalue weighted by Crippen LogP contribution is -2.47. The summed E-state index contributed by atoms with van der Waals surface area (Å²) in [6, 6.07) is 3.79.